The van der Waals surface area contributed by atoms with E-state index in [4.69, 9.17) is 4.74 Å². The van der Waals surface area contributed by atoms with Crippen LogP contribution in [-0.4, -0.2) is 15.8 Å². The Labute approximate surface area is 139 Å². The molecule has 0 saturated heterocycles. The van der Waals surface area contributed by atoms with Gasteiger partial charge in [-0.15, -0.1) is 0 Å². The molecule has 1 aromatic rings. The Kier molecular flexibility index (Phi) is 7.03. The Bertz CT molecular complexity index is 669. The quantitative estimate of drug-likeness (QED) is 0.230. The molecule has 1 aromatic carbocycles. The minimum Gasteiger partial charge on any atom is -0.416 e. The number of non-ortho nitro benzene ring substituents is 1. The molecule has 8 nitrogen and oxygen atoms in total. The average molecular weight is 336 g/mol. The summed E-state index contributed by atoms with van der Waals surface area (Å²) in [6.07, 6.45) is 4.65. The summed E-state index contributed by atoms with van der Waals surface area (Å²) < 4.78 is 5.15. The molecule has 0 aliphatic heterocycles. The SMILES string of the molecule is C/C=C/C(=O)Oc1c(C(CC)CCC)cc([N+](=O)[O-])cc1[N+](=O)[O-]. The van der Waals surface area contributed by atoms with E-state index in [2.05, 4.69) is 0 Å². The molecule has 1 unspecified atom stereocenters. The van der Waals surface area contributed by atoms with Crippen molar-refractivity contribution in [1.82, 2.24) is 0 Å². The topological polar surface area (TPSA) is 113 Å². The van der Waals surface area contributed by atoms with Gasteiger partial charge in [0.25, 0.3) is 5.69 Å². The summed E-state index contributed by atoms with van der Waals surface area (Å²) in [6, 6.07) is 2.08. The monoisotopic (exact) mass is 336 g/mol. The fourth-order valence-electron chi connectivity index (χ4n) is 2.47. The number of ether oxygens (including phenoxy) is 1. The van der Waals surface area contributed by atoms with Gasteiger partial charge in [0.2, 0.25) is 5.75 Å². The summed E-state index contributed by atoms with van der Waals surface area (Å²) in [7, 11) is 0. The Morgan fingerprint density at radius 1 is 1.25 bits per heavy atom. The van der Waals surface area contributed by atoms with Crippen LogP contribution in [0.1, 0.15) is 51.5 Å². The van der Waals surface area contributed by atoms with Gasteiger partial charge in [-0.3, -0.25) is 20.2 Å². The second kappa shape index (κ2) is 8.76. The molecule has 0 aliphatic rings. The third kappa shape index (κ3) is 4.61. The van der Waals surface area contributed by atoms with Crippen LogP contribution in [0, 0.1) is 20.2 Å². The smallest absolute Gasteiger partial charge is 0.336 e. The number of rotatable bonds is 8. The number of carbonyl (C=O) groups excluding carboxylic acids is 1. The molecule has 130 valence electrons. The Hall–Kier alpha value is -2.77. The van der Waals surface area contributed by atoms with Crippen molar-refractivity contribution in [3.05, 3.63) is 50.1 Å². The first kappa shape index (κ1) is 19.3. The molecule has 0 amide bonds. The second-order valence-corrected chi connectivity index (χ2v) is 5.21. The Morgan fingerprint density at radius 3 is 2.38 bits per heavy atom. The number of benzene rings is 1. The van der Waals surface area contributed by atoms with Gasteiger partial charge in [0, 0.05) is 17.7 Å². The van der Waals surface area contributed by atoms with Crippen LogP contribution in [0.4, 0.5) is 11.4 Å². The summed E-state index contributed by atoms with van der Waals surface area (Å²) in [5.41, 5.74) is -0.651. The minimum absolute atomic E-state index is 0.179. The van der Waals surface area contributed by atoms with E-state index >= 15 is 0 Å². The average Bonchev–Trinajstić information content (AvgIpc) is 2.52. The molecular formula is C16H20N2O6. The summed E-state index contributed by atoms with van der Waals surface area (Å²) >= 11 is 0. The zero-order chi connectivity index (χ0) is 18.3. The lowest BCUT2D eigenvalue weighted by Crippen LogP contribution is -2.11. The normalized spacial score (nSPS) is 12.1. The van der Waals surface area contributed by atoms with E-state index in [-0.39, 0.29) is 11.7 Å². The molecule has 0 saturated carbocycles. The van der Waals surface area contributed by atoms with Crippen molar-refractivity contribution >= 4 is 17.3 Å². The molecule has 1 atom stereocenters. The Morgan fingerprint density at radius 2 is 1.92 bits per heavy atom. The molecule has 0 heterocycles. The van der Waals surface area contributed by atoms with Crippen LogP contribution in [0.3, 0.4) is 0 Å². The molecule has 0 spiro atoms. The van der Waals surface area contributed by atoms with Gasteiger partial charge in [-0.05, 0) is 25.7 Å². The summed E-state index contributed by atoms with van der Waals surface area (Å²) in [5, 5.41) is 22.4. The molecule has 0 N–H and O–H groups in total. The number of esters is 1. The largest absolute Gasteiger partial charge is 0.416 e. The fraction of sp³-hybridized carbons (Fsp3) is 0.438. The molecule has 0 bridgehead atoms. The van der Waals surface area contributed by atoms with Crippen LogP contribution < -0.4 is 4.74 Å². The van der Waals surface area contributed by atoms with Crippen molar-refractivity contribution in [2.24, 2.45) is 0 Å². The van der Waals surface area contributed by atoms with Crippen LogP contribution >= 0.6 is 0 Å². The zero-order valence-electron chi connectivity index (χ0n) is 13.9. The minimum atomic E-state index is -0.770. The highest BCUT2D eigenvalue weighted by Crippen LogP contribution is 2.42. The molecule has 8 heteroatoms. The van der Waals surface area contributed by atoms with Gasteiger partial charge in [-0.2, -0.15) is 0 Å². The van der Waals surface area contributed by atoms with E-state index in [1.165, 1.54) is 12.1 Å². The predicted molar refractivity (Wildman–Crippen MR) is 88.1 cm³/mol. The number of nitro groups is 2. The first-order chi connectivity index (χ1) is 11.3. The third-order valence-electron chi connectivity index (χ3n) is 3.57. The van der Waals surface area contributed by atoms with E-state index < -0.39 is 27.2 Å². The summed E-state index contributed by atoms with van der Waals surface area (Å²) in [6.45, 7) is 5.43. The molecule has 0 fully saturated rings. The number of carbonyl (C=O) groups is 1. The fourth-order valence-corrected chi connectivity index (χ4v) is 2.47. The maximum atomic E-state index is 11.8. The van der Waals surface area contributed by atoms with Crippen molar-refractivity contribution in [2.75, 3.05) is 0 Å². The number of nitrogens with zero attached hydrogens (tertiary/aromatic N) is 2. The summed E-state index contributed by atoms with van der Waals surface area (Å²) in [5.74, 6) is -1.15. The first-order valence-corrected chi connectivity index (χ1v) is 7.66. The van der Waals surface area contributed by atoms with Gasteiger partial charge >= 0.3 is 11.7 Å². The van der Waals surface area contributed by atoms with E-state index in [0.717, 1.165) is 18.6 Å². The van der Waals surface area contributed by atoms with Gasteiger partial charge in [0.15, 0.2) is 0 Å². The number of hydrogen-bond donors (Lipinski definition) is 0. The lowest BCUT2D eigenvalue weighted by molar-refractivity contribution is -0.394. The molecule has 0 radical (unpaired) electrons. The van der Waals surface area contributed by atoms with E-state index in [1.807, 2.05) is 13.8 Å². The summed E-state index contributed by atoms with van der Waals surface area (Å²) in [4.78, 5) is 32.7. The van der Waals surface area contributed by atoms with Crippen molar-refractivity contribution in [2.45, 2.75) is 46.0 Å². The number of hydrogen-bond acceptors (Lipinski definition) is 6. The molecule has 1 rings (SSSR count). The first-order valence-electron chi connectivity index (χ1n) is 7.66. The van der Waals surface area contributed by atoms with Crippen molar-refractivity contribution in [3.63, 3.8) is 0 Å². The van der Waals surface area contributed by atoms with Crippen LogP contribution in [0.5, 0.6) is 5.75 Å². The molecular weight excluding hydrogens is 316 g/mol. The highest BCUT2D eigenvalue weighted by Gasteiger charge is 2.29. The molecule has 0 aromatic heterocycles. The standard InChI is InChI=1S/C16H20N2O6/c1-4-7-11(6-3)13-9-12(17(20)21)10-14(18(22)23)16(13)24-15(19)8-5-2/h5,8-11H,4,6-7H2,1-3H3/b8-5+. The Balaban J connectivity index is 3.61. The van der Waals surface area contributed by atoms with Crippen LogP contribution in [0.25, 0.3) is 0 Å². The van der Waals surface area contributed by atoms with Crippen molar-refractivity contribution in [3.8, 4) is 5.75 Å². The zero-order valence-corrected chi connectivity index (χ0v) is 13.9. The maximum absolute atomic E-state index is 11.8. The van der Waals surface area contributed by atoms with Crippen LogP contribution in [0.15, 0.2) is 24.3 Å². The molecule has 24 heavy (non-hydrogen) atoms. The lowest BCUT2D eigenvalue weighted by atomic mass is 9.90. The van der Waals surface area contributed by atoms with Gasteiger partial charge in [-0.1, -0.05) is 26.3 Å². The van der Waals surface area contributed by atoms with Gasteiger partial charge in [0.1, 0.15) is 0 Å². The van der Waals surface area contributed by atoms with Crippen molar-refractivity contribution < 1.29 is 19.4 Å². The van der Waals surface area contributed by atoms with Gasteiger partial charge < -0.3 is 4.74 Å². The molecule has 0 aliphatic carbocycles. The highest BCUT2D eigenvalue weighted by molar-refractivity contribution is 5.85. The lowest BCUT2D eigenvalue weighted by Gasteiger charge is -2.17. The van der Waals surface area contributed by atoms with E-state index in [0.29, 0.717) is 18.4 Å². The van der Waals surface area contributed by atoms with Crippen LogP contribution in [-0.2, 0) is 4.79 Å². The van der Waals surface area contributed by atoms with E-state index in [9.17, 15) is 25.0 Å². The van der Waals surface area contributed by atoms with E-state index in [1.54, 1.807) is 6.92 Å². The predicted octanol–water partition coefficient (Wildman–Crippen LogP) is 4.28. The highest BCUT2D eigenvalue weighted by atomic mass is 16.6. The van der Waals surface area contributed by atoms with Gasteiger partial charge in [-0.25, -0.2) is 4.79 Å². The number of allylic oxidation sites excluding steroid dienone is 1. The van der Waals surface area contributed by atoms with Crippen LogP contribution in [0.2, 0.25) is 0 Å². The van der Waals surface area contributed by atoms with Crippen molar-refractivity contribution in [1.29, 1.82) is 0 Å². The number of nitro benzene ring substituents is 2. The maximum Gasteiger partial charge on any atom is 0.336 e. The third-order valence-corrected chi connectivity index (χ3v) is 3.57. The van der Waals surface area contributed by atoms with Gasteiger partial charge in [0.05, 0.1) is 15.9 Å². The second-order valence-electron chi connectivity index (χ2n) is 5.21.